The first-order valence-electron chi connectivity index (χ1n) is 10.2. The molecule has 4 rings (SSSR count). The van der Waals surface area contributed by atoms with Gasteiger partial charge in [0.1, 0.15) is 11.6 Å². The van der Waals surface area contributed by atoms with Crippen molar-refractivity contribution in [3.05, 3.63) is 50.0 Å². The second kappa shape index (κ2) is 8.20. The highest BCUT2D eigenvalue weighted by molar-refractivity contribution is 6.43. The Morgan fingerprint density at radius 3 is 2.47 bits per heavy atom. The quantitative estimate of drug-likeness (QED) is 0.682. The van der Waals surface area contributed by atoms with E-state index in [1.165, 1.54) is 30.0 Å². The average Bonchev–Trinajstić information content (AvgIpc) is 2.99. The topological polar surface area (TPSA) is 73.4 Å². The molecule has 0 aliphatic carbocycles. The molecule has 0 amide bonds. The van der Waals surface area contributed by atoms with Gasteiger partial charge in [0.2, 0.25) is 0 Å². The summed E-state index contributed by atoms with van der Waals surface area (Å²) in [7, 11) is 0. The maximum atomic E-state index is 14.1. The van der Waals surface area contributed by atoms with Crippen molar-refractivity contribution >= 4 is 29.0 Å². The number of hydrogen-bond acceptors (Lipinski definition) is 5. The maximum Gasteiger partial charge on any atom is 0.425 e. The fourth-order valence-corrected chi connectivity index (χ4v) is 5.06. The van der Waals surface area contributed by atoms with Gasteiger partial charge in [0.05, 0.1) is 28.4 Å². The number of hydrogen-bond donors (Lipinski definition) is 1. The van der Waals surface area contributed by atoms with Crippen molar-refractivity contribution in [1.82, 2.24) is 9.55 Å². The van der Waals surface area contributed by atoms with Gasteiger partial charge in [-0.2, -0.15) is 13.2 Å². The van der Waals surface area contributed by atoms with Crippen molar-refractivity contribution in [2.75, 3.05) is 24.6 Å². The lowest BCUT2D eigenvalue weighted by molar-refractivity contribution is -0.138. The van der Waals surface area contributed by atoms with Gasteiger partial charge in [0, 0.05) is 24.5 Å². The van der Waals surface area contributed by atoms with E-state index in [0.29, 0.717) is 32.5 Å². The molecule has 2 atom stereocenters. The van der Waals surface area contributed by atoms with E-state index < -0.39 is 17.3 Å². The van der Waals surface area contributed by atoms with Crippen LogP contribution in [-0.4, -0.2) is 41.4 Å². The monoisotopic (exact) mass is 490 g/mol. The number of halogens is 5. The van der Waals surface area contributed by atoms with Crippen LogP contribution >= 0.6 is 23.2 Å². The van der Waals surface area contributed by atoms with Gasteiger partial charge in [-0.1, -0.05) is 29.3 Å². The average molecular weight is 491 g/mol. The van der Waals surface area contributed by atoms with Gasteiger partial charge >= 0.3 is 6.18 Å². The number of rotatable bonds is 2. The number of alkyl halides is 3. The van der Waals surface area contributed by atoms with Gasteiger partial charge in [-0.15, -0.1) is 0 Å². The largest absolute Gasteiger partial charge is 0.425 e. The molecule has 32 heavy (non-hydrogen) atoms. The fourth-order valence-electron chi connectivity index (χ4n) is 4.68. The lowest BCUT2D eigenvalue weighted by atomic mass is 9.73. The summed E-state index contributed by atoms with van der Waals surface area (Å²) in [6, 6.07) is 4.24. The van der Waals surface area contributed by atoms with Crippen LogP contribution in [0.1, 0.15) is 31.2 Å². The van der Waals surface area contributed by atoms with E-state index in [9.17, 15) is 18.0 Å². The molecular weight excluding hydrogens is 468 g/mol. The Hall–Kier alpha value is -1.81. The molecule has 2 aromatic rings. The molecule has 0 radical (unpaired) electrons. The van der Waals surface area contributed by atoms with Crippen LogP contribution in [-0.2, 0) is 10.9 Å². The van der Waals surface area contributed by atoms with Crippen LogP contribution < -0.4 is 16.2 Å². The Bertz CT molecular complexity index is 1100. The number of nitrogens with zero attached hydrogens (tertiary/aromatic N) is 3. The number of aromatic nitrogens is 2. The summed E-state index contributed by atoms with van der Waals surface area (Å²) in [4.78, 5) is 18.9. The Labute approximate surface area is 193 Å². The molecule has 1 aromatic carbocycles. The van der Waals surface area contributed by atoms with Crippen molar-refractivity contribution in [3.8, 4) is 5.69 Å². The van der Waals surface area contributed by atoms with E-state index in [4.69, 9.17) is 33.7 Å². The summed E-state index contributed by atoms with van der Waals surface area (Å²) in [5, 5.41) is 0.102. The van der Waals surface area contributed by atoms with E-state index >= 15 is 0 Å². The standard InChI is InChI=1S/C21H23Cl2F3N4O2/c1-11-17(27)20(10-32-11)6-8-29(9-7-20)18-15(21(24,25)26)19(31)30(12(2)28-18)14-5-3-4-13(22)16(14)23/h3-5,11,17H,6-10,27H2,1-2H3/t11-,17+/m0/s1. The molecule has 2 aliphatic heterocycles. The molecule has 1 spiro atoms. The van der Waals surface area contributed by atoms with Crippen LogP contribution in [0.2, 0.25) is 10.0 Å². The van der Waals surface area contributed by atoms with Crippen molar-refractivity contribution in [2.24, 2.45) is 11.1 Å². The first-order valence-corrected chi connectivity index (χ1v) is 11.0. The molecule has 2 aliphatic rings. The van der Waals surface area contributed by atoms with Crippen LogP contribution in [0.4, 0.5) is 19.0 Å². The molecule has 1 aromatic heterocycles. The summed E-state index contributed by atoms with van der Waals surface area (Å²) in [5.74, 6) is -0.290. The molecule has 11 heteroatoms. The summed E-state index contributed by atoms with van der Waals surface area (Å²) >= 11 is 12.2. The van der Waals surface area contributed by atoms with E-state index in [1.807, 2.05) is 6.92 Å². The minimum absolute atomic E-state index is 0.0219. The zero-order chi connectivity index (χ0) is 23.4. The summed E-state index contributed by atoms with van der Waals surface area (Å²) in [6.45, 7) is 4.44. The van der Waals surface area contributed by atoms with Gasteiger partial charge in [-0.05, 0) is 38.8 Å². The molecule has 0 saturated carbocycles. The first-order chi connectivity index (χ1) is 15.0. The lowest BCUT2D eigenvalue weighted by Gasteiger charge is -2.42. The van der Waals surface area contributed by atoms with E-state index in [2.05, 4.69) is 4.98 Å². The van der Waals surface area contributed by atoms with E-state index in [-0.39, 0.29) is 44.9 Å². The first kappa shape index (κ1) is 23.4. The molecule has 0 bridgehead atoms. The Kier molecular flexibility index (Phi) is 5.98. The number of ether oxygens (including phenoxy) is 1. The SMILES string of the molecule is Cc1nc(N2CCC3(CC2)CO[C@@H](C)[C@H]3N)c(C(F)(F)F)c(=O)n1-c1cccc(Cl)c1Cl. The number of nitrogens with two attached hydrogens (primary N) is 1. The molecule has 3 heterocycles. The van der Waals surface area contributed by atoms with E-state index in [0.717, 1.165) is 4.57 Å². The predicted molar refractivity (Wildman–Crippen MR) is 117 cm³/mol. The normalized spacial score (nSPS) is 23.2. The molecule has 2 N–H and O–H groups in total. The van der Waals surface area contributed by atoms with E-state index in [1.54, 1.807) is 0 Å². The summed E-state index contributed by atoms with van der Waals surface area (Å²) in [6.07, 6.45) is -3.89. The van der Waals surface area contributed by atoms with Gasteiger partial charge in [0.25, 0.3) is 5.56 Å². The molecular formula is C21H23Cl2F3N4O2. The van der Waals surface area contributed by atoms with Gasteiger partial charge < -0.3 is 15.4 Å². The van der Waals surface area contributed by atoms with Crippen LogP contribution in [0.25, 0.3) is 5.69 Å². The molecule has 6 nitrogen and oxygen atoms in total. The zero-order valence-corrected chi connectivity index (χ0v) is 19.1. The minimum Gasteiger partial charge on any atom is -0.376 e. The minimum atomic E-state index is -4.91. The molecule has 0 unspecified atom stereocenters. The number of anilines is 1. The third-order valence-corrected chi connectivity index (χ3v) is 7.40. The molecule has 174 valence electrons. The van der Waals surface area contributed by atoms with Crippen molar-refractivity contribution in [2.45, 2.75) is 45.0 Å². The van der Waals surface area contributed by atoms with Gasteiger partial charge in [-0.3, -0.25) is 9.36 Å². The van der Waals surface area contributed by atoms with Crippen LogP contribution in [0, 0.1) is 12.3 Å². The Morgan fingerprint density at radius 2 is 1.91 bits per heavy atom. The van der Waals surface area contributed by atoms with Crippen LogP contribution in [0.3, 0.4) is 0 Å². The smallest absolute Gasteiger partial charge is 0.376 e. The highest BCUT2D eigenvalue weighted by atomic mass is 35.5. The van der Waals surface area contributed by atoms with Crippen molar-refractivity contribution in [3.63, 3.8) is 0 Å². The Balaban J connectivity index is 1.78. The molecule has 2 saturated heterocycles. The zero-order valence-electron chi connectivity index (χ0n) is 17.5. The highest BCUT2D eigenvalue weighted by Gasteiger charge is 2.49. The third-order valence-electron chi connectivity index (χ3n) is 6.59. The highest BCUT2D eigenvalue weighted by Crippen LogP contribution is 2.43. The van der Waals surface area contributed by atoms with Crippen LogP contribution in [0.15, 0.2) is 23.0 Å². The summed E-state index contributed by atoms with van der Waals surface area (Å²) < 4.78 is 48.8. The van der Waals surface area contributed by atoms with Crippen molar-refractivity contribution in [1.29, 1.82) is 0 Å². The third kappa shape index (κ3) is 3.79. The fraction of sp³-hybridized carbons (Fsp3) is 0.524. The number of benzene rings is 1. The second-order valence-electron chi connectivity index (χ2n) is 8.46. The molecule has 2 fully saturated rings. The van der Waals surface area contributed by atoms with Crippen molar-refractivity contribution < 1.29 is 17.9 Å². The second-order valence-corrected chi connectivity index (χ2v) is 9.25. The Morgan fingerprint density at radius 1 is 1.25 bits per heavy atom. The predicted octanol–water partition coefficient (Wildman–Crippen LogP) is 4.20. The van der Waals surface area contributed by atoms with Gasteiger partial charge in [-0.25, -0.2) is 4.98 Å². The lowest BCUT2D eigenvalue weighted by Crippen LogP contribution is -2.51. The number of aryl methyl sites for hydroxylation is 1. The van der Waals surface area contributed by atoms with Crippen LogP contribution in [0.5, 0.6) is 0 Å². The summed E-state index contributed by atoms with van der Waals surface area (Å²) in [5.41, 5.74) is 3.53. The number of piperidine rings is 1. The maximum absolute atomic E-state index is 14.1. The van der Waals surface area contributed by atoms with Gasteiger partial charge in [0.15, 0.2) is 5.56 Å².